The number of alkyl halides is 4. The van der Waals surface area contributed by atoms with Gasteiger partial charge in [-0.25, -0.2) is 36.5 Å². The van der Waals surface area contributed by atoms with Gasteiger partial charge < -0.3 is 50.0 Å². The van der Waals surface area contributed by atoms with E-state index in [1.54, 1.807) is 50.5 Å². The van der Waals surface area contributed by atoms with Crippen LogP contribution in [-0.4, -0.2) is 143 Å². The highest BCUT2D eigenvalue weighted by atomic mass is 35.5. The number of methoxy groups -OCH3 is 2. The van der Waals surface area contributed by atoms with E-state index in [-0.39, 0.29) is 61.8 Å². The molecule has 356 valence electrons. The van der Waals surface area contributed by atoms with Gasteiger partial charge in [-0.05, 0) is 51.7 Å². The topological polar surface area (TPSA) is 238 Å². The lowest BCUT2D eigenvalue weighted by molar-refractivity contribution is -0.0366. The SMILES string of the molecule is CC(O)c1ccn(-c2nc(NC3CCC(F)(F)CC3)cc(OC3CNC3)n2)n1.COC(=O)Cl.COC(=O)N1CC(Oc2cc(NC3CCC(F)(F)CC3)nc(-n3ccc(C(C)O)n3)n2)C1. The highest BCUT2D eigenvalue weighted by molar-refractivity contribution is 6.61. The van der Waals surface area contributed by atoms with Gasteiger partial charge in [0.1, 0.15) is 23.8 Å². The minimum Gasteiger partial charge on any atom is -0.471 e. The minimum absolute atomic E-state index is 0.0367. The summed E-state index contributed by atoms with van der Waals surface area (Å²) in [5.41, 5.74) is 0.184. The molecule has 0 aromatic carbocycles. The molecule has 0 spiro atoms. The zero-order valence-electron chi connectivity index (χ0n) is 36.2. The third-order valence-electron chi connectivity index (χ3n) is 10.8. The Morgan fingerprint density at radius 2 is 1.15 bits per heavy atom. The number of likely N-dealkylation sites (tertiary alicyclic amines) is 1. The predicted octanol–water partition coefficient (Wildman–Crippen LogP) is 5.58. The van der Waals surface area contributed by atoms with Gasteiger partial charge >= 0.3 is 11.5 Å². The summed E-state index contributed by atoms with van der Waals surface area (Å²) in [7, 11) is 2.53. The summed E-state index contributed by atoms with van der Waals surface area (Å²) < 4.78 is 77.0. The van der Waals surface area contributed by atoms with Crippen LogP contribution in [0.3, 0.4) is 0 Å². The number of amides is 1. The van der Waals surface area contributed by atoms with Gasteiger partial charge in [0.05, 0.1) is 50.9 Å². The van der Waals surface area contributed by atoms with E-state index in [2.05, 4.69) is 67.2 Å². The lowest BCUT2D eigenvalue weighted by Crippen LogP contribution is -2.56. The molecular weight excluding hydrogens is 888 g/mol. The third-order valence-corrected chi connectivity index (χ3v) is 10.9. The van der Waals surface area contributed by atoms with E-state index < -0.39 is 35.6 Å². The summed E-state index contributed by atoms with van der Waals surface area (Å²) in [5, 5.41) is 37.6. The maximum Gasteiger partial charge on any atom is 0.409 e. The standard InChI is InChI=1S/C20H26F2N6O4.C18H24F2N6O2.C2H3ClO2/c1-12(29)15-5-8-28(26-15)18-24-16(23-13-3-6-20(21,22)7-4-13)9-17(25-18)32-14-10-27(11-14)19(30)31-2;1-11(27)14-4-7-26(25-14)17-23-15(8-16(24-17)28-13-9-21-10-13)22-12-2-5-18(19,20)6-3-12;1-5-2(3)4/h5,8-9,12-14,29H,3-4,6-7,10-11H2,1-2H3,(H,23,24,25);4,7-8,11-13,21,27H,2-3,5-6,9-10H2,1H3,(H,22,23,24);1H3. The van der Waals surface area contributed by atoms with Crippen LogP contribution in [0.5, 0.6) is 11.8 Å². The van der Waals surface area contributed by atoms with Crippen molar-refractivity contribution in [3.63, 3.8) is 0 Å². The van der Waals surface area contributed by atoms with Crippen molar-refractivity contribution >= 4 is 34.8 Å². The van der Waals surface area contributed by atoms with Crippen LogP contribution in [0.15, 0.2) is 36.7 Å². The van der Waals surface area contributed by atoms with E-state index >= 15 is 0 Å². The number of anilines is 2. The summed E-state index contributed by atoms with van der Waals surface area (Å²) in [6.07, 6.45) is 1.98. The van der Waals surface area contributed by atoms with Gasteiger partial charge in [0, 0.05) is 87.0 Å². The van der Waals surface area contributed by atoms with Crippen molar-refractivity contribution in [2.24, 2.45) is 0 Å². The van der Waals surface area contributed by atoms with E-state index in [0.717, 1.165) is 13.1 Å². The molecule has 0 radical (unpaired) electrons. The number of carbonyl (C=O) groups excluding carboxylic acids is 2. The molecule has 2 aliphatic carbocycles. The third kappa shape index (κ3) is 14.2. The zero-order chi connectivity index (χ0) is 46.9. The maximum atomic E-state index is 13.5. The van der Waals surface area contributed by atoms with Crippen molar-refractivity contribution in [2.45, 2.75) is 114 Å². The summed E-state index contributed by atoms with van der Waals surface area (Å²) in [4.78, 5) is 40.1. The molecule has 65 heavy (non-hydrogen) atoms. The van der Waals surface area contributed by atoms with Crippen LogP contribution in [0.2, 0.25) is 0 Å². The number of halogens is 5. The summed E-state index contributed by atoms with van der Waals surface area (Å²) in [6, 6.07) is 6.41. The van der Waals surface area contributed by atoms with E-state index in [4.69, 9.17) is 9.47 Å². The fourth-order valence-corrected chi connectivity index (χ4v) is 6.91. The second kappa shape index (κ2) is 21.6. The van der Waals surface area contributed by atoms with Gasteiger partial charge in [-0.15, -0.1) is 0 Å². The molecule has 0 bridgehead atoms. The van der Waals surface area contributed by atoms with Gasteiger partial charge in [-0.2, -0.15) is 30.1 Å². The minimum atomic E-state index is -2.62. The van der Waals surface area contributed by atoms with Crippen molar-refractivity contribution < 1.29 is 56.3 Å². The largest absolute Gasteiger partial charge is 0.471 e. The van der Waals surface area contributed by atoms with Crippen LogP contribution >= 0.6 is 11.6 Å². The van der Waals surface area contributed by atoms with Crippen LogP contribution in [0.25, 0.3) is 11.9 Å². The van der Waals surface area contributed by atoms with E-state index in [0.29, 0.717) is 73.6 Å². The Balaban J connectivity index is 0.000000197. The van der Waals surface area contributed by atoms with Crippen molar-refractivity contribution in [3.8, 4) is 23.7 Å². The number of nitrogens with one attached hydrogen (secondary N) is 3. The van der Waals surface area contributed by atoms with Gasteiger partial charge in [0.15, 0.2) is 0 Å². The summed E-state index contributed by atoms with van der Waals surface area (Å²) >= 11 is 4.60. The second-order valence-electron chi connectivity index (χ2n) is 16.0. The number of aliphatic hydroxyl groups is 2. The Labute approximate surface area is 376 Å². The quantitative estimate of drug-likeness (QED) is 0.0861. The zero-order valence-corrected chi connectivity index (χ0v) is 36.9. The highest BCUT2D eigenvalue weighted by Crippen LogP contribution is 2.36. The second-order valence-corrected chi connectivity index (χ2v) is 16.3. The fourth-order valence-electron chi connectivity index (χ4n) is 6.91. The Morgan fingerprint density at radius 3 is 1.49 bits per heavy atom. The molecule has 2 atom stereocenters. The number of nitrogens with zero attached hydrogens (tertiary/aromatic N) is 9. The molecule has 2 aliphatic heterocycles. The van der Waals surface area contributed by atoms with Crippen LogP contribution in [0.1, 0.15) is 88.8 Å². The first-order valence-electron chi connectivity index (χ1n) is 21.0. The Hall–Kier alpha value is -5.59. The molecule has 2 saturated heterocycles. The summed E-state index contributed by atoms with van der Waals surface area (Å²) in [6.45, 7) is 5.44. The summed E-state index contributed by atoms with van der Waals surface area (Å²) in [5.74, 6) is -3.09. The molecule has 5 N–H and O–H groups in total. The first-order valence-corrected chi connectivity index (χ1v) is 21.4. The molecule has 2 unspecified atom stereocenters. The van der Waals surface area contributed by atoms with Gasteiger partial charge in [-0.1, -0.05) is 0 Å². The van der Waals surface area contributed by atoms with Crippen molar-refractivity contribution in [1.82, 2.24) is 49.7 Å². The molecule has 4 aromatic rings. The van der Waals surface area contributed by atoms with Crippen molar-refractivity contribution in [2.75, 3.05) is 51.0 Å². The fraction of sp³-hybridized carbons (Fsp3) is 0.600. The van der Waals surface area contributed by atoms with E-state index in [1.807, 2.05) is 0 Å². The van der Waals surface area contributed by atoms with Crippen LogP contribution in [-0.2, 0) is 9.47 Å². The first kappa shape index (κ1) is 48.9. The van der Waals surface area contributed by atoms with Crippen LogP contribution in [0.4, 0.5) is 38.8 Å². The molecule has 4 aliphatic rings. The number of aromatic nitrogens is 8. The average molecular weight is 941 g/mol. The number of ether oxygens (including phenoxy) is 4. The monoisotopic (exact) mass is 940 g/mol. The molecule has 4 fully saturated rings. The van der Waals surface area contributed by atoms with Gasteiger partial charge in [-0.3, -0.25) is 0 Å². The molecule has 4 aromatic heterocycles. The number of hydrogen-bond donors (Lipinski definition) is 5. The molecule has 25 heteroatoms. The molecule has 8 rings (SSSR count). The van der Waals surface area contributed by atoms with Crippen molar-refractivity contribution in [3.05, 3.63) is 48.0 Å². The van der Waals surface area contributed by atoms with Crippen molar-refractivity contribution in [1.29, 1.82) is 0 Å². The van der Waals surface area contributed by atoms with E-state index in [1.165, 1.54) is 28.5 Å². The Bertz CT molecular complexity index is 2190. The normalized spacial score (nSPS) is 19.4. The van der Waals surface area contributed by atoms with Crippen LogP contribution < -0.4 is 25.4 Å². The highest BCUT2D eigenvalue weighted by Gasteiger charge is 2.37. The molecule has 2 saturated carbocycles. The van der Waals surface area contributed by atoms with E-state index in [9.17, 15) is 37.4 Å². The molecule has 20 nitrogen and oxygen atoms in total. The average Bonchev–Trinajstić information content (AvgIpc) is 3.95. The lowest BCUT2D eigenvalue weighted by atomic mass is 9.92. The molecular formula is C40H53ClF4N12O8. The Morgan fingerprint density at radius 1 is 0.738 bits per heavy atom. The van der Waals surface area contributed by atoms with Gasteiger partial charge in [0.2, 0.25) is 23.6 Å². The Kier molecular flexibility index (Phi) is 16.2. The number of hydrogen-bond acceptors (Lipinski definition) is 17. The number of aliphatic hydroxyl groups excluding tert-OH is 2. The van der Waals surface area contributed by atoms with Gasteiger partial charge in [0.25, 0.3) is 11.9 Å². The lowest BCUT2D eigenvalue weighted by Gasteiger charge is -2.37. The number of carbonyl (C=O) groups is 2. The maximum absolute atomic E-state index is 13.5. The first-order chi connectivity index (χ1) is 30.9. The number of rotatable bonds is 12. The predicted molar refractivity (Wildman–Crippen MR) is 225 cm³/mol. The molecule has 1 amide bonds. The smallest absolute Gasteiger partial charge is 0.409 e. The molecule has 6 heterocycles. The van der Waals surface area contributed by atoms with Crippen LogP contribution in [0, 0.1) is 0 Å².